The van der Waals surface area contributed by atoms with Crippen LogP contribution in [0.3, 0.4) is 0 Å². The first-order valence-corrected chi connectivity index (χ1v) is 5.24. The summed E-state index contributed by atoms with van der Waals surface area (Å²) in [6, 6.07) is 0. The van der Waals surface area contributed by atoms with Crippen LogP contribution in [0, 0.1) is 0 Å². The summed E-state index contributed by atoms with van der Waals surface area (Å²) in [5.41, 5.74) is 0. The van der Waals surface area contributed by atoms with Gasteiger partial charge in [0.2, 0.25) is 0 Å². The van der Waals surface area contributed by atoms with E-state index in [9.17, 15) is 4.79 Å². The molecule has 1 aliphatic rings. The lowest BCUT2D eigenvalue weighted by Gasteiger charge is -2.29. The summed E-state index contributed by atoms with van der Waals surface area (Å²) >= 11 is 0. The molecule has 3 nitrogen and oxygen atoms in total. The zero-order chi connectivity index (χ0) is 7.61. The molecule has 0 radical (unpaired) electrons. The molecule has 1 heterocycles. The predicted octanol–water partition coefficient (Wildman–Crippen LogP) is 1.49. The van der Waals surface area contributed by atoms with Crippen LogP contribution in [0.25, 0.3) is 0 Å². The van der Waals surface area contributed by atoms with Crippen molar-refractivity contribution >= 4 is 16.4 Å². The van der Waals surface area contributed by atoms with Crippen LogP contribution in [0.15, 0.2) is 0 Å². The van der Waals surface area contributed by atoms with Crippen molar-refractivity contribution in [1.29, 1.82) is 0 Å². The minimum Gasteiger partial charge on any atom is -0.299 e. The van der Waals surface area contributed by atoms with Gasteiger partial charge in [-0.05, 0) is 12.8 Å². The maximum absolute atomic E-state index is 10.8. The number of hydrogen-bond acceptors (Lipinski definition) is 3. The van der Waals surface area contributed by atoms with Crippen molar-refractivity contribution in [3.05, 3.63) is 0 Å². The molecule has 1 saturated heterocycles. The highest BCUT2D eigenvalue weighted by molar-refractivity contribution is 8.24. The Labute approximate surface area is 61.8 Å². The van der Waals surface area contributed by atoms with Crippen molar-refractivity contribution in [2.24, 2.45) is 0 Å². The van der Waals surface area contributed by atoms with Crippen LogP contribution < -0.4 is 0 Å². The van der Waals surface area contributed by atoms with Crippen molar-refractivity contribution < 1.29 is 13.9 Å². The normalized spacial score (nSPS) is 29.2. The van der Waals surface area contributed by atoms with E-state index in [0.717, 1.165) is 12.8 Å². The number of Topliss-reactive ketones (excluding diaryl/α,β-unsaturated/α-hetero) is 1. The van der Waals surface area contributed by atoms with Crippen LogP contribution in [0.4, 0.5) is 0 Å². The van der Waals surface area contributed by atoms with E-state index in [2.05, 4.69) is 0 Å². The molecule has 1 aliphatic heterocycles. The van der Waals surface area contributed by atoms with E-state index < -0.39 is 10.6 Å². The van der Waals surface area contributed by atoms with Gasteiger partial charge in [0.05, 0.1) is 5.75 Å². The number of ketones is 1. The third kappa shape index (κ3) is 2.28. The Morgan fingerprint density at radius 3 is 2.70 bits per heavy atom. The standard InChI is InChI=1S/C6H12O3S/c7-6-3-1-2-4-10(8,9)5-6/h8-9H,1-5H2. The highest BCUT2D eigenvalue weighted by Gasteiger charge is 2.20. The second-order valence-corrected chi connectivity index (χ2v) is 4.95. The average molecular weight is 164 g/mol. The fourth-order valence-corrected chi connectivity index (χ4v) is 2.53. The molecule has 1 rings (SSSR count). The van der Waals surface area contributed by atoms with Crippen molar-refractivity contribution in [2.45, 2.75) is 19.3 Å². The van der Waals surface area contributed by atoms with Crippen LogP contribution in [-0.2, 0) is 4.79 Å². The minimum absolute atomic E-state index is 0.00231. The number of rotatable bonds is 0. The average Bonchev–Trinajstić information content (AvgIpc) is 1.90. The molecule has 0 aromatic heterocycles. The first-order valence-electron chi connectivity index (χ1n) is 3.35. The molecule has 0 aliphatic carbocycles. The van der Waals surface area contributed by atoms with E-state index in [1.54, 1.807) is 0 Å². The van der Waals surface area contributed by atoms with Crippen LogP contribution in [0.5, 0.6) is 0 Å². The molecular formula is C6H12O3S. The Kier molecular flexibility index (Phi) is 2.33. The Hall–Kier alpha value is -0.0600. The van der Waals surface area contributed by atoms with Gasteiger partial charge in [-0.1, -0.05) is 0 Å². The maximum atomic E-state index is 10.8. The zero-order valence-corrected chi connectivity index (χ0v) is 6.56. The Balaban J connectivity index is 2.54. The first kappa shape index (κ1) is 8.04. The molecule has 60 valence electrons. The van der Waals surface area contributed by atoms with Crippen LogP contribution >= 0.6 is 10.6 Å². The molecule has 4 heteroatoms. The molecule has 0 aromatic carbocycles. The second kappa shape index (κ2) is 2.90. The van der Waals surface area contributed by atoms with E-state index >= 15 is 0 Å². The van der Waals surface area contributed by atoms with Crippen molar-refractivity contribution in [2.75, 3.05) is 11.5 Å². The summed E-state index contributed by atoms with van der Waals surface area (Å²) in [6.45, 7) is 0. The number of hydrogen-bond donors (Lipinski definition) is 2. The Morgan fingerprint density at radius 1 is 1.30 bits per heavy atom. The summed E-state index contributed by atoms with van der Waals surface area (Å²) in [4.78, 5) is 10.8. The Bertz CT molecular complexity index is 144. The first-order chi connectivity index (χ1) is 4.60. The fraction of sp³-hybridized carbons (Fsp3) is 0.833. The Morgan fingerprint density at radius 2 is 2.00 bits per heavy atom. The lowest BCUT2D eigenvalue weighted by Crippen LogP contribution is -2.11. The van der Waals surface area contributed by atoms with E-state index in [1.807, 2.05) is 0 Å². The maximum Gasteiger partial charge on any atom is 0.151 e. The van der Waals surface area contributed by atoms with Gasteiger partial charge in [0.1, 0.15) is 0 Å². The third-order valence-electron chi connectivity index (χ3n) is 1.57. The highest BCUT2D eigenvalue weighted by atomic mass is 32.3. The SMILES string of the molecule is O=C1CCCCS(O)(O)C1. The van der Waals surface area contributed by atoms with Crippen LogP contribution in [-0.4, -0.2) is 26.4 Å². The van der Waals surface area contributed by atoms with E-state index in [4.69, 9.17) is 9.11 Å². The molecule has 2 N–H and O–H groups in total. The molecule has 0 aromatic rings. The summed E-state index contributed by atoms with van der Waals surface area (Å²) in [6.07, 6.45) is 2.11. The number of carbonyl (C=O) groups is 1. The van der Waals surface area contributed by atoms with Gasteiger partial charge in [-0.2, -0.15) is 10.6 Å². The van der Waals surface area contributed by atoms with Crippen molar-refractivity contribution in [3.8, 4) is 0 Å². The molecule has 0 atom stereocenters. The van der Waals surface area contributed by atoms with E-state index in [1.165, 1.54) is 0 Å². The van der Waals surface area contributed by atoms with Gasteiger partial charge in [0, 0.05) is 12.2 Å². The highest BCUT2D eigenvalue weighted by Crippen LogP contribution is 2.41. The van der Waals surface area contributed by atoms with Crippen LogP contribution in [0.2, 0.25) is 0 Å². The fourth-order valence-electron chi connectivity index (χ4n) is 1.06. The van der Waals surface area contributed by atoms with Gasteiger partial charge < -0.3 is 0 Å². The summed E-state index contributed by atoms with van der Waals surface area (Å²) in [5.74, 6) is 0.406. The van der Waals surface area contributed by atoms with E-state index in [0.29, 0.717) is 12.2 Å². The summed E-state index contributed by atoms with van der Waals surface area (Å²) < 4.78 is 18.3. The monoisotopic (exact) mass is 164 g/mol. The number of carbonyl (C=O) groups excluding carboxylic acids is 1. The summed E-state index contributed by atoms with van der Waals surface area (Å²) in [7, 11) is -2.52. The smallest absolute Gasteiger partial charge is 0.151 e. The minimum atomic E-state index is -2.52. The van der Waals surface area contributed by atoms with Crippen molar-refractivity contribution in [1.82, 2.24) is 0 Å². The molecular weight excluding hydrogens is 152 g/mol. The molecule has 0 amide bonds. The zero-order valence-electron chi connectivity index (χ0n) is 5.75. The lowest BCUT2D eigenvalue weighted by atomic mass is 10.2. The van der Waals surface area contributed by atoms with Gasteiger partial charge in [-0.15, -0.1) is 0 Å². The second-order valence-electron chi connectivity index (χ2n) is 2.65. The van der Waals surface area contributed by atoms with Crippen LogP contribution in [0.1, 0.15) is 19.3 Å². The largest absolute Gasteiger partial charge is 0.299 e. The molecule has 0 bridgehead atoms. The van der Waals surface area contributed by atoms with Gasteiger partial charge in [-0.25, -0.2) is 0 Å². The van der Waals surface area contributed by atoms with E-state index in [-0.39, 0.29) is 11.5 Å². The summed E-state index contributed by atoms with van der Waals surface area (Å²) in [5, 5.41) is 0. The van der Waals surface area contributed by atoms with Gasteiger partial charge in [0.15, 0.2) is 5.78 Å². The molecule has 1 fully saturated rings. The molecule has 0 saturated carbocycles. The topological polar surface area (TPSA) is 57.5 Å². The lowest BCUT2D eigenvalue weighted by molar-refractivity contribution is -0.116. The van der Waals surface area contributed by atoms with Gasteiger partial charge in [0.25, 0.3) is 0 Å². The van der Waals surface area contributed by atoms with Gasteiger partial charge in [-0.3, -0.25) is 13.9 Å². The molecule has 0 spiro atoms. The molecule has 0 unspecified atom stereocenters. The van der Waals surface area contributed by atoms with Crippen molar-refractivity contribution in [3.63, 3.8) is 0 Å². The predicted molar refractivity (Wildman–Crippen MR) is 41.4 cm³/mol. The molecule has 10 heavy (non-hydrogen) atoms. The van der Waals surface area contributed by atoms with Gasteiger partial charge >= 0.3 is 0 Å². The third-order valence-corrected chi connectivity index (χ3v) is 3.30. The quantitative estimate of drug-likeness (QED) is 0.570.